The van der Waals surface area contributed by atoms with E-state index in [1.54, 1.807) is 0 Å². The zero-order valence-corrected chi connectivity index (χ0v) is 7.09. The second kappa shape index (κ2) is 3.37. The van der Waals surface area contributed by atoms with Gasteiger partial charge in [-0.2, -0.15) is 0 Å². The summed E-state index contributed by atoms with van der Waals surface area (Å²) in [6.45, 7) is 4.92. The SMILES string of the molecule is CC/C(N)=C/C1=NCC=C1C. The van der Waals surface area contributed by atoms with Crippen LogP contribution in [0.2, 0.25) is 0 Å². The minimum absolute atomic E-state index is 0.814. The standard InChI is InChI=1S/C9H14N2/c1-3-8(10)6-9-7(2)4-5-11-9/h4,6H,3,5,10H2,1-2H3/b8-6-. The van der Waals surface area contributed by atoms with Gasteiger partial charge >= 0.3 is 0 Å². The Hall–Kier alpha value is -1.05. The molecule has 0 aromatic rings. The average Bonchev–Trinajstić information content (AvgIpc) is 2.37. The summed E-state index contributed by atoms with van der Waals surface area (Å²) in [6, 6.07) is 0. The lowest BCUT2D eigenvalue weighted by Gasteiger charge is -1.97. The molecule has 0 radical (unpaired) electrons. The number of nitrogens with zero attached hydrogens (tertiary/aromatic N) is 1. The normalized spacial score (nSPS) is 18.2. The monoisotopic (exact) mass is 150 g/mol. The fourth-order valence-corrected chi connectivity index (χ4v) is 0.947. The van der Waals surface area contributed by atoms with Crippen LogP contribution in [0.5, 0.6) is 0 Å². The molecule has 60 valence electrons. The second-order valence-electron chi connectivity index (χ2n) is 2.69. The fraction of sp³-hybridized carbons (Fsp3) is 0.444. The van der Waals surface area contributed by atoms with Crippen molar-refractivity contribution in [2.24, 2.45) is 10.7 Å². The molecule has 2 nitrogen and oxygen atoms in total. The number of allylic oxidation sites excluding steroid dienone is 3. The molecule has 0 aromatic carbocycles. The van der Waals surface area contributed by atoms with Crippen LogP contribution in [0.1, 0.15) is 20.3 Å². The molecule has 11 heavy (non-hydrogen) atoms. The van der Waals surface area contributed by atoms with E-state index in [0.717, 1.165) is 24.4 Å². The third kappa shape index (κ3) is 1.93. The van der Waals surface area contributed by atoms with E-state index in [4.69, 9.17) is 5.73 Å². The van der Waals surface area contributed by atoms with Crippen molar-refractivity contribution in [3.05, 3.63) is 23.4 Å². The Labute approximate surface area is 67.5 Å². The highest BCUT2D eigenvalue weighted by atomic mass is 14.8. The lowest BCUT2D eigenvalue weighted by atomic mass is 10.1. The first-order valence-corrected chi connectivity index (χ1v) is 3.91. The Bertz CT molecular complexity index is 234. The Kier molecular flexibility index (Phi) is 2.47. The molecule has 0 unspecified atom stereocenters. The topological polar surface area (TPSA) is 38.4 Å². The van der Waals surface area contributed by atoms with Gasteiger partial charge in [0, 0.05) is 5.70 Å². The molecule has 0 aliphatic carbocycles. The zero-order valence-electron chi connectivity index (χ0n) is 7.09. The van der Waals surface area contributed by atoms with Crippen molar-refractivity contribution in [2.45, 2.75) is 20.3 Å². The first-order chi connectivity index (χ1) is 5.24. The minimum atomic E-state index is 0.814. The molecule has 0 aromatic heterocycles. The van der Waals surface area contributed by atoms with Crippen molar-refractivity contribution in [1.29, 1.82) is 0 Å². The summed E-state index contributed by atoms with van der Waals surface area (Å²) in [5, 5.41) is 0. The van der Waals surface area contributed by atoms with Crippen LogP contribution >= 0.6 is 0 Å². The van der Waals surface area contributed by atoms with E-state index in [0.29, 0.717) is 0 Å². The first-order valence-electron chi connectivity index (χ1n) is 3.91. The zero-order chi connectivity index (χ0) is 8.27. The summed E-state index contributed by atoms with van der Waals surface area (Å²) < 4.78 is 0. The quantitative estimate of drug-likeness (QED) is 0.638. The molecule has 0 bridgehead atoms. The van der Waals surface area contributed by atoms with E-state index >= 15 is 0 Å². The molecule has 1 aliphatic heterocycles. The molecule has 1 heterocycles. The van der Waals surface area contributed by atoms with Crippen LogP contribution < -0.4 is 5.73 Å². The maximum atomic E-state index is 5.67. The van der Waals surface area contributed by atoms with Gasteiger partial charge in [-0.3, -0.25) is 4.99 Å². The molecular formula is C9H14N2. The second-order valence-corrected chi connectivity index (χ2v) is 2.69. The van der Waals surface area contributed by atoms with E-state index in [2.05, 4.69) is 18.0 Å². The van der Waals surface area contributed by atoms with E-state index < -0.39 is 0 Å². The van der Waals surface area contributed by atoms with Gasteiger partial charge in [-0.1, -0.05) is 13.0 Å². The van der Waals surface area contributed by atoms with Crippen LogP contribution in [0.25, 0.3) is 0 Å². The summed E-state index contributed by atoms with van der Waals surface area (Å²) in [7, 11) is 0. The number of hydrogen-bond acceptors (Lipinski definition) is 2. The van der Waals surface area contributed by atoms with Crippen molar-refractivity contribution in [1.82, 2.24) is 0 Å². The summed E-state index contributed by atoms with van der Waals surface area (Å²) in [5.74, 6) is 0. The predicted octanol–water partition coefficient (Wildman–Crippen LogP) is 1.64. The maximum absolute atomic E-state index is 5.67. The Balaban J connectivity index is 2.71. The highest BCUT2D eigenvalue weighted by Crippen LogP contribution is 2.07. The van der Waals surface area contributed by atoms with Gasteiger partial charge < -0.3 is 5.73 Å². The van der Waals surface area contributed by atoms with E-state index in [1.165, 1.54) is 5.57 Å². The van der Waals surface area contributed by atoms with E-state index in [-0.39, 0.29) is 0 Å². The molecule has 0 spiro atoms. The van der Waals surface area contributed by atoms with Crippen LogP contribution in [0, 0.1) is 0 Å². The third-order valence-electron chi connectivity index (χ3n) is 1.79. The molecule has 0 amide bonds. The smallest absolute Gasteiger partial charge is 0.0621 e. The van der Waals surface area contributed by atoms with Crippen molar-refractivity contribution in [3.8, 4) is 0 Å². The lowest BCUT2D eigenvalue weighted by molar-refractivity contribution is 1.07. The number of nitrogens with two attached hydrogens (primary N) is 1. The minimum Gasteiger partial charge on any atom is -0.402 e. The van der Waals surface area contributed by atoms with Crippen LogP contribution in [-0.4, -0.2) is 12.3 Å². The van der Waals surface area contributed by atoms with Gasteiger partial charge in [0.05, 0.1) is 12.3 Å². The van der Waals surface area contributed by atoms with E-state index in [1.807, 2.05) is 13.0 Å². The largest absolute Gasteiger partial charge is 0.402 e. The lowest BCUT2D eigenvalue weighted by Crippen LogP contribution is -2.00. The Morgan fingerprint density at radius 3 is 3.00 bits per heavy atom. The number of rotatable bonds is 2. The van der Waals surface area contributed by atoms with Crippen molar-refractivity contribution < 1.29 is 0 Å². The highest BCUT2D eigenvalue weighted by molar-refractivity contribution is 6.09. The van der Waals surface area contributed by atoms with Crippen LogP contribution in [0.4, 0.5) is 0 Å². The molecule has 1 aliphatic rings. The van der Waals surface area contributed by atoms with Gasteiger partial charge in [0.15, 0.2) is 0 Å². The van der Waals surface area contributed by atoms with Gasteiger partial charge in [-0.15, -0.1) is 0 Å². The maximum Gasteiger partial charge on any atom is 0.0621 e. The van der Waals surface area contributed by atoms with Crippen LogP contribution in [0.15, 0.2) is 28.4 Å². The van der Waals surface area contributed by atoms with Gasteiger partial charge in [0.25, 0.3) is 0 Å². The summed E-state index contributed by atoms with van der Waals surface area (Å²) in [5.41, 5.74) is 8.85. The predicted molar refractivity (Wildman–Crippen MR) is 48.6 cm³/mol. The first kappa shape index (κ1) is 8.05. The van der Waals surface area contributed by atoms with Crippen LogP contribution in [0.3, 0.4) is 0 Å². The fourth-order valence-electron chi connectivity index (χ4n) is 0.947. The van der Waals surface area contributed by atoms with Gasteiger partial charge in [-0.25, -0.2) is 0 Å². The molecule has 0 saturated carbocycles. The molecule has 2 heteroatoms. The van der Waals surface area contributed by atoms with Crippen molar-refractivity contribution in [2.75, 3.05) is 6.54 Å². The van der Waals surface area contributed by atoms with E-state index in [9.17, 15) is 0 Å². The van der Waals surface area contributed by atoms with Crippen molar-refractivity contribution in [3.63, 3.8) is 0 Å². The molecule has 0 saturated heterocycles. The number of aliphatic imine (C=N–C) groups is 1. The molecule has 2 N–H and O–H groups in total. The molecule has 1 rings (SSSR count). The third-order valence-corrected chi connectivity index (χ3v) is 1.79. The van der Waals surface area contributed by atoms with Crippen LogP contribution in [-0.2, 0) is 0 Å². The molecular weight excluding hydrogens is 136 g/mol. The highest BCUT2D eigenvalue weighted by Gasteiger charge is 2.03. The van der Waals surface area contributed by atoms with Gasteiger partial charge in [0.1, 0.15) is 0 Å². The summed E-state index contributed by atoms with van der Waals surface area (Å²) in [6.07, 6.45) is 4.96. The Morgan fingerprint density at radius 1 is 1.82 bits per heavy atom. The summed E-state index contributed by atoms with van der Waals surface area (Å²) in [4.78, 5) is 4.27. The average molecular weight is 150 g/mol. The van der Waals surface area contributed by atoms with Crippen molar-refractivity contribution >= 4 is 5.71 Å². The van der Waals surface area contributed by atoms with Gasteiger partial charge in [-0.05, 0) is 25.0 Å². The molecule has 0 fully saturated rings. The molecule has 0 atom stereocenters. The number of hydrogen-bond donors (Lipinski definition) is 1. The van der Waals surface area contributed by atoms with Gasteiger partial charge in [0.2, 0.25) is 0 Å². The Morgan fingerprint density at radius 2 is 2.55 bits per heavy atom. The summed E-state index contributed by atoms with van der Waals surface area (Å²) >= 11 is 0.